The summed E-state index contributed by atoms with van der Waals surface area (Å²) in [5, 5.41) is 12.6. The fourth-order valence-corrected chi connectivity index (χ4v) is 3.41. The molecule has 1 unspecified atom stereocenters. The molecule has 17 heavy (non-hydrogen) atoms. The number of nitrogens with one attached hydrogen (secondary N) is 1. The van der Waals surface area contributed by atoms with Crippen LogP contribution in [0.15, 0.2) is 11.8 Å². The summed E-state index contributed by atoms with van der Waals surface area (Å²) >= 11 is 1.74. The number of aliphatic hydroxyl groups excluding tert-OH is 1. The minimum Gasteiger partial charge on any atom is -0.392 e. The Morgan fingerprint density at radius 2 is 2.41 bits per heavy atom. The van der Waals surface area contributed by atoms with Crippen molar-refractivity contribution >= 4 is 17.7 Å². The van der Waals surface area contributed by atoms with Crippen molar-refractivity contribution in [2.45, 2.75) is 37.6 Å². The summed E-state index contributed by atoms with van der Waals surface area (Å²) in [6, 6.07) is -0.0200. The molecule has 0 saturated carbocycles. The largest absolute Gasteiger partial charge is 0.392 e. The van der Waals surface area contributed by atoms with E-state index in [1.807, 2.05) is 6.20 Å². The third-order valence-electron chi connectivity index (χ3n) is 3.19. The van der Waals surface area contributed by atoms with Gasteiger partial charge in [0.2, 0.25) is 5.91 Å². The van der Waals surface area contributed by atoms with Crippen LogP contribution in [0.25, 0.3) is 0 Å². The van der Waals surface area contributed by atoms with Gasteiger partial charge in [0.25, 0.3) is 0 Å². The first-order valence-electron chi connectivity index (χ1n) is 6.25. The van der Waals surface area contributed by atoms with Crippen molar-refractivity contribution in [3.63, 3.8) is 0 Å². The fraction of sp³-hybridized carbons (Fsp3) is 0.750. The van der Waals surface area contributed by atoms with E-state index in [0.717, 1.165) is 24.3 Å². The number of unbranched alkanes of at least 4 members (excludes halogenated alkanes) is 2. The van der Waals surface area contributed by atoms with Crippen molar-refractivity contribution in [1.82, 2.24) is 10.2 Å². The van der Waals surface area contributed by atoms with Crippen LogP contribution in [-0.4, -0.2) is 46.2 Å². The van der Waals surface area contributed by atoms with Crippen LogP contribution in [0.2, 0.25) is 0 Å². The first-order chi connectivity index (χ1) is 8.27. The van der Waals surface area contributed by atoms with Gasteiger partial charge in [0.15, 0.2) is 0 Å². The lowest BCUT2D eigenvalue weighted by Gasteiger charge is -2.47. The van der Waals surface area contributed by atoms with E-state index in [9.17, 15) is 4.79 Å². The van der Waals surface area contributed by atoms with Gasteiger partial charge in [-0.2, -0.15) is 0 Å². The predicted molar refractivity (Wildman–Crippen MR) is 69.6 cm³/mol. The molecule has 4 nitrogen and oxygen atoms in total. The minimum absolute atomic E-state index is 0.0200. The van der Waals surface area contributed by atoms with Crippen LogP contribution in [0.5, 0.6) is 0 Å². The number of thioether (sulfide) groups is 1. The second-order valence-electron chi connectivity index (χ2n) is 4.53. The number of hydrogen-bond acceptors (Lipinski definition) is 4. The number of nitrogens with zero attached hydrogens (tertiary/aromatic N) is 1. The highest BCUT2D eigenvalue weighted by Gasteiger charge is 2.47. The van der Waals surface area contributed by atoms with E-state index >= 15 is 0 Å². The van der Waals surface area contributed by atoms with E-state index in [-0.39, 0.29) is 23.9 Å². The summed E-state index contributed by atoms with van der Waals surface area (Å²) in [5.41, 5.74) is 0.934. The Labute approximate surface area is 106 Å². The number of carbonyl (C=O) groups excluding carboxylic acids is 1. The van der Waals surface area contributed by atoms with Crippen LogP contribution >= 0.6 is 11.8 Å². The Morgan fingerprint density at radius 1 is 1.59 bits per heavy atom. The van der Waals surface area contributed by atoms with E-state index in [1.54, 1.807) is 16.7 Å². The fourth-order valence-electron chi connectivity index (χ4n) is 2.13. The summed E-state index contributed by atoms with van der Waals surface area (Å²) in [7, 11) is 0. The molecule has 0 aliphatic carbocycles. The molecule has 2 aliphatic heterocycles. The third-order valence-corrected chi connectivity index (χ3v) is 4.57. The summed E-state index contributed by atoms with van der Waals surface area (Å²) in [5.74, 6) is 0.975. The quantitative estimate of drug-likeness (QED) is 0.548. The summed E-state index contributed by atoms with van der Waals surface area (Å²) in [6.45, 7) is 3.15. The smallest absolute Gasteiger partial charge is 0.247 e. The maximum Gasteiger partial charge on any atom is 0.247 e. The summed E-state index contributed by atoms with van der Waals surface area (Å²) < 4.78 is 0. The normalized spacial score (nSPS) is 27.5. The number of rotatable bonds is 6. The number of fused-ring (bicyclic) bond motifs is 1. The molecular weight excluding hydrogens is 236 g/mol. The van der Waals surface area contributed by atoms with Crippen LogP contribution in [-0.2, 0) is 4.79 Å². The van der Waals surface area contributed by atoms with Gasteiger partial charge in [0.1, 0.15) is 11.4 Å². The van der Waals surface area contributed by atoms with Crippen molar-refractivity contribution in [3.8, 4) is 0 Å². The van der Waals surface area contributed by atoms with E-state index in [2.05, 4.69) is 12.2 Å². The lowest BCUT2D eigenvalue weighted by atomic mass is 10.1. The molecule has 2 N–H and O–H groups in total. The molecule has 0 spiro atoms. The molecule has 5 heteroatoms. The highest BCUT2D eigenvalue weighted by molar-refractivity contribution is 8.00. The maximum atomic E-state index is 11.8. The standard InChI is InChI=1S/C12H20N2O2S/c1-2-3-4-5-13-10-11(16)14-6-9(7-15)8-17-12(10)14/h6,10,12-13,15H,2-5,7-8H2,1H3/t10?,12-/m1/s1. The average molecular weight is 256 g/mol. The molecule has 2 aliphatic rings. The highest BCUT2D eigenvalue weighted by atomic mass is 32.2. The molecule has 2 heterocycles. The van der Waals surface area contributed by atoms with Crippen molar-refractivity contribution < 1.29 is 9.90 Å². The molecule has 1 fully saturated rings. The Balaban J connectivity index is 1.81. The van der Waals surface area contributed by atoms with Crippen molar-refractivity contribution in [2.75, 3.05) is 18.9 Å². The summed E-state index contributed by atoms with van der Waals surface area (Å²) in [4.78, 5) is 13.6. The zero-order valence-electron chi connectivity index (χ0n) is 10.2. The Kier molecular flexibility index (Phi) is 4.48. The first-order valence-corrected chi connectivity index (χ1v) is 7.30. The molecule has 0 aromatic carbocycles. The Morgan fingerprint density at radius 3 is 3.12 bits per heavy atom. The van der Waals surface area contributed by atoms with E-state index < -0.39 is 0 Å². The van der Waals surface area contributed by atoms with Gasteiger partial charge in [0, 0.05) is 12.0 Å². The first kappa shape index (κ1) is 12.9. The zero-order chi connectivity index (χ0) is 12.3. The topological polar surface area (TPSA) is 52.6 Å². The lowest BCUT2D eigenvalue weighted by molar-refractivity contribution is -0.141. The van der Waals surface area contributed by atoms with Crippen LogP contribution in [0.1, 0.15) is 26.2 Å². The number of carbonyl (C=O) groups is 1. The van der Waals surface area contributed by atoms with Crippen molar-refractivity contribution in [1.29, 1.82) is 0 Å². The number of aliphatic hydroxyl groups is 1. The molecule has 2 atom stereocenters. The number of hydrogen-bond donors (Lipinski definition) is 2. The molecule has 2 rings (SSSR count). The molecule has 0 radical (unpaired) electrons. The van der Waals surface area contributed by atoms with Gasteiger partial charge in [0.05, 0.1) is 6.61 Å². The predicted octanol–water partition coefficient (Wildman–Crippen LogP) is 0.926. The van der Waals surface area contributed by atoms with Gasteiger partial charge in [-0.15, -0.1) is 11.8 Å². The van der Waals surface area contributed by atoms with Crippen LogP contribution in [0, 0.1) is 0 Å². The average Bonchev–Trinajstić information content (AvgIpc) is 2.37. The van der Waals surface area contributed by atoms with Crippen LogP contribution < -0.4 is 5.32 Å². The van der Waals surface area contributed by atoms with Gasteiger partial charge < -0.3 is 15.3 Å². The monoisotopic (exact) mass is 256 g/mol. The van der Waals surface area contributed by atoms with Crippen LogP contribution in [0.3, 0.4) is 0 Å². The highest BCUT2D eigenvalue weighted by Crippen LogP contribution is 2.35. The molecule has 0 aromatic heterocycles. The van der Waals surface area contributed by atoms with E-state index in [0.29, 0.717) is 0 Å². The van der Waals surface area contributed by atoms with Gasteiger partial charge in [-0.3, -0.25) is 4.79 Å². The number of amides is 1. The van der Waals surface area contributed by atoms with Gasteiger partial charge >= 0.3 is 0 Å². The minimum atomic E-state index is -0.0200. The Bertz CT molecular complexity index is 320. The third kappa shape index (κ3) is 2.67. The van der Waals surface area contributed by atoms with Crippen molar-refractivity contribution in [2.24, 2.45) is 0 Å². The zero-order valence-corrected chi connectivity index (χ0v) is 11.0. The second kappa shape index (κ2) is 5.89. The molecule has 0 aromatic rings. The van der Waals surface area contributed by atoms with E-state index in [4.69, 9.17) is 5.11 Å². The van der Waals surface area contributed by atoms with Crippen molar-refractivity contribution in [3.05, 3.63) is 11.8 Å². The maximum absolute atomic E-state index is 11.8. The summed E-state index contributed by atoms with van der Waals surface area (Å²) in [6.07, 6.45) is 5.36. The molecule has 0 bridgehead atoms. The molecule has 1 amide bonds. The molecular formula is C12H20N2O2S. The lowest BCUT2D eigenvalue weighted by Crippen LogP contribution is -2.67. The Hall–Kier alpha value is -0.520. The van der Waals surface area contributed by atoms with Gasteiger partial charge in [-0.1, -0.05) is 19.8 Å². The van der Waals surface area contributed by atoms with Gasteiger partial charge in [-0.05, 0) is 18.5 Å². The molecule has 1 saturated heterocycles. The van der Waals surface area contributed by atoms with E-state index in [1.165, 1.54) is 12.8 Å². The van der Waals surface area contributed by atoms with Gasteiger partial charge in [-0.25, -0.2) is 0 Å². The SMILES string of the molecule is CCCCCNC1C(=O)N2C=C(CO)CS[C@H]12. The van der Waals surface area contributed by atoms with Crippen LogP contribution in [0.4, 0.5) is 0 Å². The molecule has 96 valence electrons. The number of β-lactam (4-membered cyclic amide) rings is 1. The second-order valence-corrected chi connectivity index (χ2v) is 5.64.